The SMILES string of the molecule is Cc1cc(Br)ccc1OC/C=N/N=C(\N)NO. The van der Waals surface area contributed by atoms with Crippen LogP contribution in [0.15, 0.2) is 32.9 Å². The number of ether oxygens (including phenoxy) is 1. The molecule has 0 aliphatic heterocycles. The van der Waals surface area contributed by atoms with Crippen molar-refractivity contribution in [1.82, 2.24) is 5.48 Å². The predicted molar refractivity (Wildman–Crippen MR) is 69.4 cm³/mol. The first kappa shape index (κ1) is 13.5. The molecular formula is C10H13BrN4O2. The van der Waals surface area contributed by atoms with Crippen LogP contribution in [0.1, 0.15) is 5.56 Å². The van der Waals surface area contributed by atoms with E-state index in [0.717, 1.165) is 15.8 Å². The average molecular weight is 301 g/mol. The topological polar surface area (TPSA) is 92.2 Å². The third-order valence-corrected chi connectivity index (χ3v) is 2.31. The minimum Gasteiger partial charge on any atom is -0.488 e. The van der Waals surface area contributed by atoms with Gasteiger partial charge in [-0.3, -0.25) is 5.21 Å². The maximum Gasteiger partial charge on any atom is 0.237 e. The van der Waals surface area contributed by atoms with Gasteiger partial charge in [0.25, 0.3) is 0 Å². The van der Waals surface area contributed by atoms with E-state index in [1.54, 1.807) is 5.48 Å². The molecule has 0 heterocycles. The number of nitrogens with zero attached hydrogens (tertiary/aromatic N) is 2. The molecule has 4 N–H and O–H groups in total. The molecule has 0 aliphatic rings. The molecule has 1 aromatic rings. The fourth-order valence-electron chi connectivity index (χ4n) is 1.06. The zero-order valence-electron chi connectivity index (χ0n) is 9.22. The van der Waals surface area contributed by atoms with Crippen molar-refractivity contribution in [2.45, 2.75) is 6.92 Å². The number of hydroxylamine groups is 1. The molecule has 0 saturated carbocycles. The predicted octanol–water partition coefficient (Wildman–Crippen LogP) is 1.42. The van der Waals surface area contributed by atoms with Crippen molar-refractivity contribution in [3.8, 4) is 5.75 Å². The second-order valence-electron chi connectivity index (χ2n) is 3.12. The van der Waals surface area contributed by atoms with E-state index in [-0.39, 0.29) is 12.6 Å². The van der Waals surface area contributed by atoms with Crippen molar-refractivity contribution in [1.29, 1.82) is 0 Å². The summed E-state index contributed by atoms with van der Waals surface area (Å²) in [6.45, 7) is 2.22. The van der Waals surface area contributed by atoms with Gasteiger partial charge in [-0.15, -0.1) is 5.10 Å². The lowest BCUT2D eigenvalue weighted by Gasteiger charge is -2.06. The Hall–Kier alpha value is -1.60. The van der Waals surface area contributed by atoms with Gasteiger partial charge >= 0.3 is 0 Å². The standard InChI is InChI=1S/C10H13BrN4O2/c1-7-6-8(11)2-3-9(7)17-5-4-13-14-10(12)15-16/h2-4,6,16H,5H2,1H3,(H3,12,14,15)/b13-4+. The van der Waals surface area contributed by atoms with Crippen LogP contribution < -0.4 is 16.0 Å². The van der Waals surface area contributed by atoms with Gasteiger partial charge in [-0.1, -0.05) is 15.9 Å². The molecule has 0 radical (unpaired) electrons. The normalized spacial score (nSPS) is 11.8. The maximum atomic E-state index is 8.32. The molecule has 0 fully saturated rings. The third-order valence-electron chi connectivity index (χ3n) is 1.81. The van der Waals surface area contributed by atoms with Crippen LogP contribution in [-0.2, 0) is 0 Å². The number of nitrogens with two attached hydrogens (primary N) is 1. The number of hydrogen-bond donors (Lipinski definition) is 3. The zero-order chi connectivity index (χ0) is 12.7. The van der Waals surface area contributed by atoms with Crippen LogP contribution in [0.2, 0.25) is 0 Å². The van der Waals surface area contributed by atoms with Gasteiger partial charge in [0.1, 0.15) is 12.4 Å². The second-order valence-corrected chi connectivity index (χ2v) is 4.03. The lowest BCUT2D eigenvalue weighted by Crippen LogP contribution is -2.27. The zero-order valence-corrected chi connectivity index (χ0v) is 10.8. The quantitative estimate of drug-likeness (QED) is 0.445. The van der Waals surface area contributed by atoms with E-state index in [1.165, 1.54) is 6.21 Å². The molecule has 0 amide bonds. The molecule has 7 heteroatoms. The van der Waals surface area contributed by atoms with Gasteiger partial charge in [-0.25, -0.2) is 5.48 Å². The van der Waals surface area contributed by atoms with Crippen LogP contribution in [0.3, 0.4) is 0 Å². The minimum absolute atomic E-state index is 0.180. The Morgan fingerprint density at radius 2 is 2.41 bits per heavy atom. The fraction of sp³-hybridized carbons (Fsp3) is 0.200. The molecule has 0 aliphatic carbocycles. The largest absolute Gasteiger partial charge is 0.488 e. The molecule has 92 valence electrons. The molecule has 17 heavy (non-hydrogen) atoms. The van der Waals surface area contributed by atoms with Crippen LogP contribution in [0.5, 0.6) is 5.75 Å². The summed E-state index contributed by atoms with van der Waals surface area (Å²) in [4.78, 5) is 0. The van der Waals surface area contributed by atoms with Crippen LogP contribution in [-0.4, -0.2) is 24.0 Å². The van der Waals surface area contributed by atoms with Gasteiger partial charge in [-0.2, -0.15) is 5.10 Å². The summed E-state index contributed by atoms with van der Waals surface area (Å²) in [5.41, 5.74) is 7.81. The Kier molecular flexibility index (Phi) is 5.44. The summed E-state index contributed by atoms with van der Waals surface area (Å²) >= 11 is 3.37. The van der Waals surface area contributed by atoms with Gasteiger partial charge in [0, 0.05) is 4.47 Å². The van der Waals surface area contributed by atoms with E-state index in [2.05, 4.69) is 26.1 Å². The highest BCUT2D eigenvalue weighted by atomic mass is 79.9. The van der Waals surface area contributed by atoms with E-state index in [4.69, 9.17) is 15.7 Å². The first-order valence-corrected chi connectivity index (χ1v) is 5.57. The smallest absolute Gasteiger partial charge is 0.237 e. The molecule has 0 unspecified atom stereocenters. The first-order chi connectivity index (χ1) is 8.13. The van der Waals surface area contributed by atoms with E-state index >= 15 is 0 Å². The molecule has 0 saturated heterocycles. The van der Waals surface area contributed by atoms with Crippen LogP contribution in [0.4, 0.5) is 0 Å². The van der Waals surface area contributed by atoms with Crippen molar-refractivity contribution < 1.29 is 9.94 Å². The van der Waals surface area contributed by atoms with Crippen LogP contribution in [0, 0.1) is 6.92 Å². The highest BCUT2D eigenvalue weighted by Gasteiger charge is 1.98. The first-order valence-electron chi connectivity index (χ1n) is 4.77. The molecule has 0 spiro atoms. The number of hydrogen-bond acceptors (Lipinski definition) is 4. The van der Waals surface area contributed by atoms with E-state index < -0.39 is 0 Å². The molecule has 1 rings (SSSR count). The highest BCUT2D eigenvalue weighted by Crippen LogP contribution is 2.21. The molecule has 0 atom stereocenters. The van der Waals surface area contributed by atoms with Gasteiger partial charge in [0.15, 0.2) is 0 Å². The van der Waals surface area contributed by atoms with Crippen molar-refractivity contribution in [2.24, 2.45) is 15.9 Å². The number of halogens is 1. The summed E-state index contributed by atoms with van der Waals surface area (Å²) in [6.07, 6.45) is 1.44. The Bertz CT molecular complexity index is 434. The average Bonchev–Trinajstić information content (AvgIpc) is 2.30. The van der Waals surface area contributed by atoms with Crippen molar-refractivity contribution in [3.63, 3.8) is 0 Å². The molecule has 1 aromatic carbocycles. The van der Waals surface area contributed by atoms with Gasteiger partial charge < -0.3 is 10.5 Å². The van der Waals surface area contributed by atoms with Gasteiger partial charge in [0.2, 0.25) is 5.96 Å². The molecule has 0 aromatic heterocycles. The van der Waals surface area contributed by atoms with Gasteiger partial charge in [-0.05, 0) is 30.7 Å². The van der Waals surface area contributed by atoms with Gasteiger partial charge in [0.05, 0.1) is 6.21 Å². The van der Waals surface area contributed by atoms with Crippen LogP contribution in [0.25, 0.3) is 0 Å². The number of benzene rings is 1. The Labute approximate surface area is 107 Å². The lowest BCUT2D eigenvalue weighted by atomic mass is 10.2. The Balaban J connectivity index is 2.46. The summed E-state index contributed by atoms with van der Waals surface area (Å²) in [5.74, 6) is 0.595. The molecular weight excluding hydrogens is 288 g/mol. The Morgan fingerprint density at radius 1 is 1.65 bits per heavy atom. The van der Waals surface area contributed by atoms with E-state index in [0.29, 0.717) is 0 Å². The van der Waals surface area contributed by atoms with E-state index in [9.17, 15) is 0 Å². The fourth-order valence-corrected chi connectivity index (χ4v) is 1.54. The summed E-state index contributed by atoms with van der Waals surface area (Å²) < 4.78 is 6.45. The summed E-state index contributed by atoms with van der Waals surface area (Å²) in [7, 11) is 0. The molecule has 0 bridgehead atoms. The third kappa shape index (κ3) is 4.83. The second kappa shape index (κ2) is 6.87. The van der Waals surface area contributed by atoms with Crippen molar-refractivity contribution >= 4 is 28.1 Å². The number of nitrogens with one attached hydrogen (secondary N) is 1. The number of rotatable bonds is 4. The maximum absolute atomic E-state index is 8.32. The van der Waals surface area contributed by atoms with Crippen molar-refractivity contribution in [3.05, 3.63) is 28.2 Å². The minimum atomic E-state index is -0.180. The van der Waals surface area contributed by atoms with E-state index in [1.807, 2.05) is 25.1 Å². The van der Waals surface area contributed by atoms with Crippen LogP contribution >= 0.6 is 15.9 Å². The monoisotopic (exact) mass is 300 g/mol. The highest BCUT2D eigenvalue weighted by molar-refractivity contribution is 9.10. The Morgan fingerprint density at radius 3 is 3.06 bits per heavy atom. The summed E-state index contributed by atoms with van der Waals surface area (Å²) in [6, 6.07) is 5.71. The lowest BCUT2D eigenvalue weighted by molar-refractivity contribution is 0.232. The number of guanidine groups is 1. The van der Waals surface area contributed by atoms with Crippen molar-refractivity contribution in [2.75, 3.05) is 6.61 Å². The summed E-state index contributed by atoms with van der Waals surface area (Å²) in [5, 5.41) is 15.3. The number of aryl methyl sites for hydroxylation is 1. The molecule has 6 nitrogen and oxygen atoms in total.